The molecule has 2 nitrogen and oxygen atoms in total. The predicted octanol–water partition coefficient (Wildman–Crippen LogP) is 3.48. The van der Waals surface area contributed by atoms with Crippen LogP contribution in [0.2, 0.25) is 0 Å². The van der Waals surface area contributed by atoms with Crippen molar-refractivity contribution >= 4 is 11.8 Å². The maximum absolute atomic E-state index is 13.7. The highest BCUT2D eigenvalue weighted by atomic mass is 32.2. The normalized spacial score (nSPS) is 10.2. The van der Waals surface area contributed by atoms with E-state index in [0.29, 0.717) is 4.90 Å². The summed E-state index contributed by atoms with van der Waals surface area (Å²) in [6.45, 7) is -0.0788. The lowest BCUT2D eigenvalue weighted by atomic mass is 10.2. The molecule has 2 aromatic carbocycles. The zero-order valence-corrected chi connectivity index (χ0v) is 10.5. The summed E-state index contributed by atoms with van der Waals surface area (Å²) in [7, 11) is 0. The van der Waals surface area contributed by atoms with Crippen molar-refractivity contribution in [2.75, 3.05) is 0 Å². The Labute approximate surface area is 113 Å². The van der Waals surface area contributed by atoms with Crippen LogP contribution >= 0.6 is 11.8 Å². The zero-order chi connectivity index (χ0) is 13.8. The van der Waals surface area contributed by atoms with Crippen molar-refractivity contribution in [1.29, 1.82) is 5.26 Å². The lowest BCUT2D eigenvalue weighted by molar-refractivity contribution is 0.282. The summed E-state index contributed by atoms with van der Waals surface area (Å²) in [5, 5.41) is 17.5. The van der Waals surface area contributed by atoms with Crippen LogP contribution in [0.3, 0.4) is 0 Å². The molecule has 0 aliphatic rings. The lowest BCUT2D eigenvalue weighted by Crippen LogP contribution is -1.90. The van der Waals surface area contributed by atoms with Crippen LogP contribution in [-0.4, -0.2) is 5.11 Å². The fraction of sp³-hybridized carbons (Fsp3) is 0.0714. The monoisotopic (exact) mass is 277 g/mol. The van der Waals surface area contributed by atoms with Gasteiger partial charge < -0.3 is 5.11 Å². The van der Waals surface area contributed by atoms with Gasteiger partial charge in [-0.05, 0) is 29.8 Å². The number of nitriles is 1. The largest absolute Gasteiger partial charge is 0.392 e. The summed E-state index contributed by atoms with van der Waals surface area (Å²) < 4.78 is 27.4. The highest BCUT2D eigenvalue weighted by Crippen LogP contribution is 2.32. The first-order chi connectivity index (χ1) is 9.13. The van der Waals surface area contributed by atoms with E-state index in [-0.39, 0.29) is 17.1 Å². The van der Waals surface area contributed by atoms with E-state index in [9.17, 15) is 8.78 Å². The van der Waals surface area contributed by atoms with Gasteiger partial charge in [0.1, 0.15) is 11.6 Å². The molecule has 0 aliphatic heterocycles. The zero-order valence-electron chi connectivity index (χ0n) is 9.73. The van der Waals surface area contributed by atoms with Crippen LogP contribution in [0, 0.1) is 23.0 Å². The van der Waals surface area contributed by atoms with Gasteiger partial charge in [-0.25, -0.2) is 8.78 Å². The molecule has 0 atom stereocenters. The van der Waals surface area contributed by atoms with Gasteiger partial charge in [0.05, 0.1) is 23.1 Å². The second kappa shape index (κ2) is 5.83. The van der Waals surface area contributed by atoms with Crippen LogP contribution in [0.4, 0.5) is 8.78 Å². The summed E-state index contributed by atoms with van der Waals surface area (Å²) in [6, 6.07) is 10.4. The maximum Gasteiger partial charge on any atom is 0.141 e. The number of hydrogen-bond acceptors (Lipinski definition) is 3. The standard InChI is InChI=1S/C14H9F2NOS/c15-12-5-10(7-17)6-13(16)14(12)19-11-3-1-9(8-18)2-4-11/h1-6,18H,8H2. The third-order valence-electron chi connectivity index (χ3n) is 2.45. The molecule has 5 heteroatoms. The number of aliphatic hydroxyl groups is 1. The number of benzene rings is 2. The molecule has 0 bridgehead atoms. The molecule has 2 aromatic rings. The first-order valence-electron chi connectivity index (χ1n) is 5.41. The molecule has 0 aromatic heterocycles. The Hall–Kier alpha value is -1.90. The maximum atomic E-state index is 13.7. The molecule has 0 heterocycles. The van der Waals surface area contributed by atoms with E-state index in [4.69, 9.17) is 10.4 Å². The lowest BCUT2D eigenvalue weighted by Gasteiger charge is -2.06. The van der Waals surface area contributed by atoms with E-state index in [1.165, 1.54) is 0 Å². The molecule has 0 saturated carbocycles. The summed E-state index contributed by atoms with van der Waals surface area (Å²) in [6.07, 6.45) is 0. The minimum atomic E-state index is -0.757. The average Bonchev–Trinajstić information content (AvgIpc) is 2.43. The number of aliphatic hydroxyl groups excluding tert-OH is 1. The number of rotatable bonds is 3. The van der Waals surface area contributed by atoms with Gasteiger partial charge in [0.25, 0.3) is 0 Å². The van der Waals surface area contributed by atoms with E-state index < -0.39 is 11.6 Å². The summed E-state index contributed by atoms with van der Waals surface area (Å²) in [4.78, 5) is 0.510. The Morgan fingerprint density at radius 3 is 2.16 bits per heavy atom. The number of nitrogens with zero attached hydrogens (tertiary/aromatic N) is 1. The smallest absolute Gasteiger partial charge is 0.141 e. The molecule has 19 heavy (non-hydrogen) atoms. The van der Waals surface area contributed by atoms with E-state index in [1.807, 2.05) is 0 Å². The van der Waals surface area contributed by atoms with Crippen molar-refractivity contribution in [3.63, 3.8) is 0 Å². The van der Waals surface area contributed by atoms with Crippen LogP contribution in [0.15, 0.2) is 46.2 Å². The van der Waals surface area contributed by atoms with Gasteiger partial charge in [-0.15, -0.1) is 0 Å². The molecular formula is C14H9F2NOS. The molecule has 0 saturated heterocycles. The van der Waals surface area contributed by atoms with Crippen LogP contribution in [0.5, 0.6) is 0 Å². The van der Waals surface area contributed by atoms with Gasteiger partial charge in [-0.2, -0.15) is 5.26 Å². The SMILES string of the molecule is N#Cc1cc(F)c(Sc2ccc(CO)cc2)c(F)c1. The second-order valence-corrected chi connectivity index (χ2v) is 4.87. The fourth-order valence-electron chi connectivity index (χ4n) is 1.50. The molecule has 0 aliphatic carbocycles. The van der Waals surface area contributed by atoms with Crippen LogP contribution in [-0.2, 0) is 6.61 Å². The molecule has 0 fully saturated rings. The Kier molecular flexibility index (Phi) is 4.15. The van der Waals surface area contributed by atoms with Gasteiger partial charge in [-0.3, -0.25) is 0 Å². The van der Waals surface area contributed by atoms with E-state index in [1.54, 1.807) is 30.3 Å². The quantitative estimate of drug-likeness (QED) is 0.934. The van der Waals surface area contributed by atoms with Gasteiger partial charge in [0.15, 0.2) is 0 Å². The van der Waals surface area contributed by atoms with Crippen molar-refractivity contribution in [2.24, 2.45) is 0 Å². The predicted molar refractivity (Wildman–Crippen MR) is 67.6 cm³/mol. The molecule has 0 spiro atoms. The Morgan fingerprint density at radius 1 is 1.11 bits per heavy atom. The van der Waals surface area contributed by atoms with Crippen molar-refractivity contribution in [1.82, 2.24) is 0 Å². The summed E-state index contributed by atoms with van der Waals surface area (Å²) in [5.41, 5.74) is 0.681. The Morgan fingerprint density at radius 2 is 1.68 bits per heavy atom. The summed E-state index contributed by atoms with van der Waals surface area (Å²) >= 11 is 0.938. The molecule has 0 unspecified atom stereocenters. The third kappa shape index (κ3) is 3.11. The van der Waals surface area contributed by atoms with Crippen molar-refractivity contribution in [3.05, 3.63) is 59.2 Å². The number of hydrogen-bond donors (Lipinski definition) is 1. The highest BCUT2D eigenvalue weighted by molar-refractivity contribution is 7.99. The molecule has 1 N–H and O–H groups in total. The van der Waals surface area contributed by atoms with Crippen molar-refractivity contribution in [3.8, 4) is 6.07 Å². The van der Waals surface area contributed by atoms with Gasteiger partial charge >= 0.3 is 0 Å². The van der Waals surface area contributed by atoms with E-state index in [0.717, 1.165) is 29.5 Å². The van der Waals surface area contributed by atoms with Crippen LogP contribution < -0.4 is 0 Å². The summed E-state index contributed by atoms with van der Waals surface area (Å²) in [5.74, 6) is -1.51. The molecule has 2 rings (SSSR count). The highest BCUT2D eigenvalue weighted by Gasteiger charge is 2.12. The number of halogens is 2. The van der Waals surface area contributed by atoms with E-state index in [2.05, 4.69) is 0 Å². The van der Waals surface area contributed by atoms with Gasteiger partial charge in [0, 0.05) is 4.90 Å². The Bertz CT molecular complexity index is 612. The Balaban J connectivity index is 2.30. The van der Waals surface area contributed by atoms with Gasteiger partial charge in [-0.1, -0.05) is 23.9 Å². The first-order valence-corrected chi connectivity index (χ1v) is 6.22. The minimum Gasteiger partial charge on any atom is -0.392 e. The van der Waals surface area contributed by atoms with Crippen molar-refractivity contribution < 1.29 is 13.9 Å². The van der Waals surface area contributed by atoms with Gasteiger partial charge in [0.2, 0.25) is 0 Å². The molecule has 96 valence electrons. The first kappa shape index (κ1) is 13.5. The van der Waals surface area contributed by atoms with Crippen molar-refractivity contribution in [2.45, 2.75) is 16.4 Å². The van der Waals surface area contributed by atoms with E-state index >= 15 is 0 Å². The fourth-order valence-corrected chi connectivity index (χ4v) is 2.32. The molecule has 0 amide bonds. The second-order valence-electron chi connectivity index (χ2n) is 3.78. The molecular weight excluding hydrogens is 268 g/mol. The van der Waals surface area contributed by atoms with Crippen LogP contribution in [0.25, 0.3) is 0 Å². The molecule has 0 radical (unpaired) electrons. The third-order valence-corrected chi connectivity index (χ3v) is 3.56. The average molecular weight is 277 g/mol. The van der Waals surface area contributed by atoms with Crippen LogP contribution in [0.1, 0.15) is 11.1 Å². The topological polar surface area (TPSA) is 44.0 Å². The minimum absolute atomic E-state index is 0.0463.